The molecular formula is C26H26F2N6O2S. The molecule has 192 valence electrons. The molecule has 0 unspecified atom stereocenters. The Morgan fingerprint density at radius 2 is 2.11 bits per heavy atom. The number of carbonyl (C=O) groups is 1. The summed E-state index contributed by atoms with van der Waals surface area (Å²) in [6.45, 7) is 4.70. The summed E-state index contributed by atoms with van der Waals surface area (Å²) in [5.74, 6) is -2.17. The second kappa shape index (κ2) is 10.7. The van der Waals surface area contributed by atoms with Gasteiger partial charge in [0, 0.05) is 34.8 Å². The van der Waals surface area contributed by atoms with Crippen LogP contribution in [0.1, 0.15) is 12.8 Å². The van der Waals surface area contributed by atoms with Gasteiger partial charge in [0.1, 0.15) is 23.9 Å². The highest BCUT2D eigenvalue weighted by molar-refractivity contribution is 7.17. The smallest absolute Gasteiger partial charge is 0.320 e. The predicted octanol–water partition coefficient (Wildman–Crippen LogP) is 4.53. The molecule has 0 saturated carbocycles. The number of aromatic nitrogens is 3. The van der Waals surface area contributed by atoms with E-state index in [0.29, 0.717) is 23.4 Å². The quantitative estimate of drug-likeness (QED) is 0.246. The zero-order valence-electron chi connectivity index (χ0n) is 20.3. The molecule has 0 aliphatic carbocycles. The van der Waals surface area contributed by atoms with Crippen LogP contribution in [0.2, 0.25) is 0 Å². The molecule has 2 N–H and O–H groups in total. The molecule has 1 atom stereocenters. The maximum atomic E-state index is 15.4. The third kappa shape index (κ3) is 5.37. The van der Waals surface area contributed by atoms with Crippen molar-refractivity contribution < 1.29 is 18.3 Å². The lowest BCUT2D eigenvalue weighted by atomic mass is 10.1. The number of nitrogens with one attached hydrogen (secondary N) is 2. The maximum Gasteiger partial charge on any atom is 0.320 e. The van der Waals surface area contributed by atoms with E-state index in [-0.39, 0.29) is 36.5 Å². The van der Waals surface area contributed by atoms with Crippen LogP contribution in [0.4, 0.5) is 14.6 Å². The van der Waals surface area contributed by atoms with Gasteiger partial charge in [-0.05, 0) is 50.0 Å². The van der Waals surface area contributed by atoms with E-state index >= 15 is 4.39 Å². The number of pyridine rings is 1. The van der Waals surface area contributed by atoms with Crippen molar-refractivity contribution >= 4 is 44.2 Å². The van der Waals surface area contributed by atoms with Crippen LogP contribution in [-0.4, -0.2) is 65.1 Å². The summed E-state index contributed by atoms with van der Waals surface area (Å²) in [4.78, 5) is 27.2. The summed E-state index contributed by atoms with van der Waals surface area (Å²) in [5, 5.41) is 8.69. The largest absolute Gasteiger partial charge is 0.462 e. The molecule has 8 nitrogen and oxygen atoms in total. The van der Waals surface area contributed by atoms with Crippen LogP contribution in [-0.2, 0) is 4.79 Å². The molecule has 0 radical (unpaired) electrons. The zero-order valence-corrected chi connectivity index (χ0v) is 21.1. The van der Waals surface area contributed by atoms with Gasteiger partial charge in [-0.2, -0.15) is 9.97 Å². The van der Waals surface area contributed by atoms with Gasteiger partial charge in [-0.3, -0.25) is 4.79 Å². The number of hydrogen-bond acceptors (Lipinski definition) is 8. The average molecular weight is 525 g/mol. The molecule has 0 bridgehead atoms. The number of benzene rings is 1. The molecule has 0 spiro atoms. The minimum Gasteiger partial charge on any atom is -0.462 e. The molecular weight excluding hydrogens is 498 g/mol. The van der Waals surface area contributed by atoms with E-state index in [1.807, 2.05) is 29.6 Å². The number of anilines is 1. The van der Waals surface area contributed by atoms with E-state index in [1.165, 1.54) is 6.07 Å². The monoisotopic (exact) mass is 524 g/mol. The van der Waals surface area contributed by atoms with E-state index < -0.39 is 17.6 Å². The number of hydrogen-bond donors (Lipinski definition) is 2. The first-order valence-electron chi connectivity index (χ1n) is 11.9. The topological polar surface area (TPSA) is 92.3 Å². The van der Waals surface area contributed by atoms with Gasteiger partial charge in [0.2, 0.25) is 0 Å². The van der Waals surface area contributed by atoms with Crippen LogP contribution in [0.15, 0.2) is 48.1 Å². The number of fused-ring (bicyclic) bond motifs is 2. The van der Waals surface area contributed by atoms with Crippen molar-refractivity contribution in [3.8, 4) is 17.3 Å². The van der Waals surface area contributed by atoms with Crippen molar-refractivity contribution in [3.05, 3.63) is 53.9 Å². The molecule has 4 aromatic rings. The van der Waals surface area contributed by atoms with Crippen molar-refractivity contribution in [2.24, 2.45) is 0 Å². The maximum absolute atomic E-state index is 15.4. The average Bonchev–Trinajstić information content (AvgIpc) is 3.53. The minimum atomic E-state index is -1.07. The fourth-order valence-electron chi connectivity index (χ4n) is 4.41. The molecule has 1 aliphatic heterocycles. The highest BCUT2D eigenvalue weighted by Crippen LogP contribution is 2.34. The summed E-state index contributed by atoms with van der Waals surface area (Å²) in [6, 6.07) is 9.36. The number of nitrogens with zero attached hydrogens (tertiary/aromatic N) is 4. The summed E-state index contributed by atoms with van der Waals surface area (Å²) >= 11 is 1.58. The van der Waals surface area contributed by atoms with Crippen LogP contribution in [0.3, 0.4) is 0 Å². The number of likely N-dealkylation sites (tertiary alicyclic amines) is 1. The lowest BCUT2D eigenvalue weighted by molar-refractivity contribution is -0.118. The number of ether oxygens (including phenoxy) is 1. The van der Waals surface area contributed by atoms with E-state index in [1.54, 1.807) is 11.3 Å². The van der Waals surface area contributed by atoms with E-state index in [4.69, 9.17) is 4.74 Å². The molecule has 1 saturated heterocycles. The van der Waals surface area contributed by atoms with Crippen molar-refractivity contribution in [3.63, 3.8) is 0 Å². The first-order chi connectivity index (χ1) is 17.9. The third-order valence-corrected chi connectivity index (χ3v) is 7.28. The van der Waals surface area contributed by atoms with Gasteiger partial charge in [0.05, 0.1) is 5.39 Å². The van der Waals surface area contributed by atoms with Gasteiger partial charge in [0.25, 0.3) is 5.91 Å². The van der Waals surface area contributed by atoms with E-state index in [9.17, 15) is 9.18 Å². The zero-order chi connectivity index (χ0) is 25.9. The fraction of sp³-hybridized carbons (Fsp3) is 0.308. The van der Waals surface area contributed by atoms with Gasteiger partial charge in [0.15, 0.2) is 11.5 Å². The second-order valence-electron chi connectivity index (χ2n) is 8.86. The molecule has 5 rings (SSSR count). The molecule has 1 aromatic carbocycles. The SMILES string of the molecule is C=C(F)C(=O)NCCNc1nc(OC[C@@H]2CCCN2C)nc2nc(-c3cccc4sccc34)c(F)cc12. The Morgan fingerprint density at radius 3 is 2.89 bits per heavy atom. The van der Waals surface area contributed by atoms with E-state index in [2.05, 4.69) is 44.1 Å². The predicted molar refractivity (Wildman–Crippen MR) is 141 cm³/mol. The summed E-state index contributed by atoms with van der Waals surface area (Å²) < 4.78 is 35.3. The number of thiophene rings is 1. The summed E-state index contributed by atoms with van der Waals surface area (Å²) in [7, 11) is 2.05. The Kier molecular flexibility index (Phi) is 7.24. The molecule has 37 heavy (non-hydrogen) atoms. The summed E-state index contributed by atoms with van der Waals surface area (Å²) in [6.07, 6.45) is 2.12. The van der Waals surface area contributed by atoms with Crippen LogP contribution in [0.25, 0.3) is 32.4 Å². The van der Waals surface area contributed by atoms with Gasteiger partial charge in [-0.15, -0.1) is 11.3 Å². The molecule has 1 fully saturated rings. The second-order valence-corrected chi connectivity index (χ2v) is 9.81. The normalized spacial score (nSPS) is 15.8. The van der Waals surface area contributed by atoms with Crippen LogP contribution in [0.5, 0.6) is 6.01 Å². The van der Waals surface area contributed by atoms with Gasteiger partial charge < -0.3 is 20.3 Å². The van der Waals surface area contributed by atoms with Crippen molar-refractivity contribution in [2.45, 2.75) is 18.9 Å². The highest BCUT2D eigenvalue weighted by atomic mass is 32.1. The summed E-state index contributed by atoms with van der Waals surface area (Å²) in [5.41, 5.74) is 1.14. The number of carbonyl (C=O) groups excluding carboxylic acids is 1. The lowest BCUT2D eigenvalue weighted by Crippen LogP contribution is -2.31. The standard InChI is InChI=1S/C26H26F2N6O2S/c1-15(27)25(35)30-10-9-29-23-19-13-20(28)22(18-6-3-7-21-17(18)8-12-37-21)31-24(19)33-26(32-23)36-14-16-5-4-11-34(16)2/h3,6-8,12-13,16H,1,4-5,9-11,14H2,2H3,(H,30,35)(H,29,31,32,33)/t16-/m0/s1. The highest BCUT2D eigenvalue weighted by Gasteiger charge is 2.23. The molecule has 4 heterocycles. The van der Waals surface area contributed by atoms with Crippen molar-refractivity contribution in [1.29, 1.82) is 0 Å². The van der Waals surface area contributed by atoms with Gasteiger partial charge in [-0.1, -0.05) is 18.7 Å². The van der Waals surface area contributed by atoms with Crippen molar-refractivity contribution in [2.75, 3.05) is 38.6 Å². The Bertz CT molecular complexity index is 1480. The first kappa shape index (κ1) is 25.0. The molecule has 3 aromatic heterocycles. The molecule has 1 amide bonds. The lowest BCUT2D eigenvalue weighted by Gasteiger charge is -2.19. The number of rotatable bonds is 9. The van der Waals surface area contributed by atoms with Gasteiger partial charge >= 0.3 is 6.01 Å². The fourth-order valence-corrected chi connectivity index (χ4v) is 5.23. The van der Waals surface area contributed by atoms with E-state index in [0.717, 1.165) is 29.5 Å². The van der Waals surface area contributed by atoms with Crippen LogP contribution in [0, 0.1) is 5.82 Å². The Morgan fingerprint density at radius 1 is 1.24 bits per heavy atom. The van der Waals surface area contributed by atoms with Gasteiger partial charge in [-0.25, -0.2) is 13.8 Å². The Hall–Kier alpha value is -3.70. The number of halogens is 2. The Balaban J connectivity index is 1.48. The first-order valence-corrected chi connectivity index (χ1v) is 12.8. The van der Waals surface area contributed by atoms with Crippen LogP contribution < -0.4 is 15.4 Å². The number of likely N-dealkylation sites (N-methyl/N-ethyl adjacent to an activating group) is 1. The molecule has 1 aliphatic rings. The van der Waals surface area contributed by atoms with Crippen LogP contribution >= 0.6 is 11.3 Å². The minimum absolute atomic E-state index is 0.102. The molecule has 11 heteroatoms. The Labute approximate surface area is 216 Å². The number of amides is 1. The van der Waals surface area contributed by atoms with Crippen molar-refractivity contribution in [1.82, 2.24) is 25.2 Å². The third-order valence-electron chi connectivity index (χ3n) is 6.40.